The number of carbonyl (C=O) groups excluding carboxylic acids is 1. The molecule has 110 valence electrons. The Bertz CT molecular complexity index is 339. The molecule has 0 aromatic carbocycles. The van der Waals surface area contributed by atoms with Crippen molar-refractivity contribution in [3.63, 3.8) is 0 Å². The Balaban J connectivity index is 2.39. The molecule has 1 aliphatic heterocycles. The maximum absolute atomic E-state index is 11.7. The van der Waals surface area contributed by atoms with Gasteiger partial charge in [0.05, 0.1) is 0 Å². The van der Waals surface area contributed by atoms with E-state index in [-0.39, 0.29) is 0 Å². The van der Waals surface area contributed by atoms with Crippen molar-refractivity contribution in [3.8, 4) is 0 Å². The van der Waals surface area contributed by atoms with Gasteiger partial charge in [-0.05, 0) is 31.3 Å². The molecular weight excluding hydrogens is 246 g/mol. The van der Waals surface area contributed by atoms with Crippen LogP contribution in [-0.4, -0.2) is 54.7 Å². The first kappa shape index (κ1) is 15.8. The lowest BCUT2D eigenvalue weighted by molar-refractivity contribution is -0.141. The summed E-state index contributed by atoms with van der Waals surface area (Å²) in [5.41, 5.74) is -0.517. The van der Waals surface area contributed by atoms with Gasteiger partial charge in [-0.25, -0.2) is 9.59 Å². The number of hydrogen-bond donors (Lipinski definition) is 3. The molecule has 1 aliphatic rings. The van der Waals surface area contributed by atoms with Crippen LogP contribution in [0.3, 0.4) is 0 Å². The van der Waals surface area contributed by atoms with Gasteiger partial charge in [-0.15, -0.1) is 0 Å². The van der Waals surface area contributed by atoms with E-state index in [1.54, 1.807) is 20.8 Å². The topological polar surface area (TPSA) is 81.7 Å². The second-order valence-electron chi connectivity index (χ2n) is 6.41. The van der Waals surface area contributed by atoms with Crippen molar-refractivity contribution in [3.05, 3.63) is 0 Å². The minimum absolute atomic E-state index is 0.406. The number of rotatable bonds is 4. The number of urea groups is 1. The minimum atomic E-state index is -1.01. The average Bonchev–Trinajstić information content (AvgIpc) is 2.67. The summed E-state index contributed by atoms with van der Waals surface area (Å²) >= 11 is 0. The number of nitrogens with one attached hydrogen (secondary N) is 2. The molecule has 1 heterocycles. The highest BCUT2D eigenvalue weighted by atomic mass is 16.4. The van der Waals surface area contributed by atoms with Crippen molar-refractivity contribution in [1.82, 2.24) is 15.5 Å². The van der Waals surface area contributed by atoms with Crippen molar-refractivity contribution in [2.45, 2.75) is 33.2 Å². The van der Waals surface area contributed by atoms with Crippen LogP contribution in [0.4, 0.5) is 4.79 Å². The summed E-state index contributed by atoms with van der Waals surface area (Å²) in [5.74, 6) is -0.558. The smallest absolute Gasteiger partial charge is 0.326 e. The zero-order valence-corrected chi connectivity index (χ0v) is 12.2. The summed E-state index contributed by atoms with van der Waals surface area (Å²) in [6.07, 6.45) is 1.07. The Morgan fingerprint density at radius 1 is 1.42 bits per heavy atom. The second-order valence-corrected chi connectivity index (χ2v) is 6.41. The summed E-state index contributed by atoms with van der Waals surface area (Å²) in [7, 11) is 2.06. The normalized spacial score (nSPS) is 22.0. The van der Waals surface area contributed by atoms with E-state index in [0.717, 1.165) is 19.5 Å². The number of nitrogens with zero attached hydrogens (tertiary/aromatic N) is 1. The van der Waals surface area contributed by atoms with Gasteiger partial charge in [0.2, 0.25) is 0 Å². The van der Waals surface area contributed by atoms with Gasteiger partial charge in [-0.1, -0.05) is 20.8 Å². The molecule has 0 spiro atoms. The van der Waals surface area contributed by atoms with Crippen LogP contribution in [0.2, 0.25) is 0 Å². The Morgan fingerprint density at radius 3 is 2.47 bits per heavy atom. The van der Waals surface area contributed by atoms with Crippen molar-refractivity contribution >= 4 is 12.0 Å². The standard InChI is InChI=1S/C13H25N3O3/c1-13(2,3)10(11(17)18)15-12(19)14-7-9-5-6-16(4)8-9/h9-10H,5-8H2,1-4H3,(H,17,18)(H2,14,15,19). The van der Waals surface area contributed by atoms with E-state index in [1.165, 1.54) is 0 Å². The molecule has 0 radical (unpaired) electrons. The van der Waals surface area contributed by atoms with Crippen LogP contribution in [-0.2, 0) is 4.79 Å². The fourth-order valence-electron chi connectivity index (χ4n) is 2.26. The summed E-state index contributed by atoms with van der Waals surface area (Å²) < 4.78 is 0. The monoisotopic (exact) mass is 271 g/mol. The van der Waals surface area contributed by atoms with E-state index >= 15 is 0 Å². The number of amides is 2. The number of carbonyl (C=O) groups is 2. The van der Waals surface area contributed by atoms with Crippen LogP contribution in [0.15, 0.2) is 0 Å². The van der Waals surface area contributed by atoms with Gasteiger partial charge in [0.15, 0.2) is 0 Å². The van der Waals surface area contributed by atoms with Gasteiger partial charge in [0.1, 0.15) is 6.04 Å². The van der Waals surface area contributed by atoms with Crippen LogP contribution < -0.4 is 10.6 Å². The summed E-state index contributed by atoms with van der Waals surface area (Å²) in [6.45, 7) is 7.98. The lowest BCUT2D eigenvalue weighted by atomic mass is 9.87. The lowest BCUT2D eigenvalue weighted by Crippen LogP contribution is -2.52. The summed E-state index contributed by atoms with van der Waals surface area (Å²) in [6, 6.07) is -1.30. The molecule has 2 amide bonds. The van der Waals surface area contributed by atoms with Crippen molar-refractivity contribution in [1.29, 1.82) is 0 Å². The van der Waals surface area contributed by atoms with Gasteiger partial charge in [-0.3, -0.25) is 0 Å². The Kier molecular flexibility index (Phi) is 5.17. The van der Waals surface area contributed by atoms with Crippen LogP contribution in [0.1, 0.15) is 27.2 Å². The molecule has 0 aliphatic carbocycles. The van der Waals surface area contributed by atoms with Gasteiger partial charge in [0.25, 0.3) is 0 Å². The molecule has 2 atom stereocenters. The zero-order chi connectivity index (χ0) is 14.6. The summed E-state index contributed by atoms with van der Waals surface area (Å²) in [5, 5.41) is 14.4. The van der Waals surface area contributed by atoms with Gasteiger partial charge in [-0.2, -0.15) is 0 Å². The molecule has 6 nitrogen and oxygen atoms in total. The third-order valence-corrected chi connectivity index (χ3v) is 3.43. The van der Waals surface area contributed by atoms with Crippen LogP contribution in [0, 0.1) is 11.3 Å². The molecule has 1 saturated heterocycles. The fraction of sp³-hybridized carbons (Fsp3) is 0.846. The second kappa shape index (κ2) is 6.23. The van der Waals surface area contributed by atoms with Crippen LogP contribution >= 0.6 is 0 Å². The number of likely N-dealkylation sites (tertiary alicyclic amines) is 1. The number of carboxylic acids is 1. The summed E-state index contributed by atoms with van der Waals surface area (Å²) in [4.78, 5) is 25.1. The maximum atomic E-state index is 11.7. The first-order valence-corrected chi connectivity index (χ1v) is 6.66. The third kappa shape index (κ3) is 5.06. The zero-order valence-electron chi connectivity index (χ0n) is 12.2. The molecular formula is C13H25N3O3. The molecule has 19 heavy (non-hydrogen) atoms. The molecule has 0 saturated carbocycles. The molecule has 1 fully saturated rings. The van der Waals surface area contributed by atoms with Crippen molar-refractivity contribution < 1.29 is 14.7 Å². The quantitative estimate of drug-likeness (QED) is 0.704. The minimum Gasteiger partial charge on any atom is -0.480 e. The molecule has 0 bridgehead atoms. The fourth-order valence-corrected chi connectivity index (χ4v) is 2.26. The number of aliphatic carboxylic acids is 1. The van der Waals surface area contributed by atoms with E-state index in [4.69, 9.17) is 5.11 Å². The van der Waals surface area contributed by atoms with Crippen molar-refractivity contribution in [2.75, 3.05) is 26.7 Å². The first-order valence-electron chi connectivity index (χ1n) is 6.66. The molecule has 0 aromatic heterocycles. The van der Waals surface area contributed by atoms with E-state index in [9.17, 15) is 9.59 Å². The largest absolute Gasteiger partial charge is 0.480 e. The van der Waals surface area contributed by atoms with E-state index in [1.807, 2.05) is 0 Å². The molecule has 3 N–H and O–H groups in total. The number of carboxylic acid groups (broad SMARTS) is 1. The lowest BCUT2D eigenvalue weighted by Gasteiger charge is -2.28. The predicted octanol–water partition coefficient (Wildman–Crippen LogP) is 0.737. The van der Waals surface area contributed by atoms with E-state index in [2.05, 4.69) is 22.6 Å². The van der Waals surface area contributed by atoms with Crippen molar-refractivity contribution in [2.24, 2.45) is 11.3 Å². The van der Waals surface area contributed by atoms with Gasteiger partial charge in [0, 0.05) is 13.1 Å². The molecule has 0 aromatic rings. The first-order chi connectivity index (χ1) is 8.70. The van der Waals surface area contributed by atoms with Crippen LogP contribution in [0.5, 0.6) is 0 Å². The van der Waals surface area contributed by atoms with E-state index < -0.39 is 23.5 Å². The highest BCUT2D eigenvalue weighted by Gasteiger charge is 2.32. The Hall–Kier alpha value is -1.30. The Labute approximate surface area is 114 Å². The highest BCUT2D eigenvalue weighted by molar-refractivity contribution is 5.83. The number of hydrogen-bond acceptors (Lipinski definition) is 3. The highest BCUT2D eigenvalue weighted by Crippen LogP contribution is 2.19. The van der Waals surface area contributed by atoms with E-state index in [0.29, 0.717) is 12.5 Å². The maximum Gasteiger partial charge on any atom is 0.326 e. The van der Waals surface area contributed by atoms with Gasteiger partial charge >= 0.3 is 12.0 Å². The molecule has 1 rings (SSSR count). The average molecular weight is 271 g/mol. The van der Waals surface area contributed by atoms with Crippen LogP contribution in [0.25, 0.3) is 0 Å². The SMILES string of the molecule is CN1CCC(CNC(=O)NC(C(=O)O)C(C)(C)C)C1. The Morgan fingerprint density at radius 2 is 2.05 bits per heavy atom. The molecule has 2 unspecified atom stereocenters. The predicted molar refractivity (Wildman–Crippen MR) is 73.0 cm³/mol. The third-order valence-electron chi connectivity index (χ3n) is 3.43. The van der Waals surface area contributed by atoms with Gasteiger partial charge < -0.3 is 20.6 Å². The molecule has 6 heteroatoms.